The van der Waals surface area contributed by atoms with Gasteiger partial charge in [0.2, 0.25) is 0 Å². The maximum Gasteiger partial charge on any atom is 0.175 e. The molecule has 2 rings (SSSR count). The summed E-state index contributed by atoms with van der Waals surface area (Å²) < 4.78 is 24.3. The molecule has 0 saturated heterocycles. The zero-order valence-electron chi connectivity index (χ0n) is 10.7. The van der Waals surface area contributed by atoms with Gasteiger partial charge in [0, 0.05) is 6.26 Å². The van der Waals surface area contributed by atoms with E-state index in [9.17, 15) is 8.42 Å². The second-order valence-electron chi connectivity index (χ2n) is 4.40. The van der Waals surface area contributed by atoms with E-state index >= 15 is 0 Å². The number of aromatic nitrogens is 4. The van der Waals surface area contributed by atoms with E-state index in [1.54, 1.807) is 35.9 Å². The van der Waals surface area contributed by atoms with Crippen molar-refractivity contribution in [3.63, 3.8) is 0 Å². The predicted molar refractivity (Wildman–Crippen MR) is 69.1 cm³/mol. The molecule has 2 aromatic rings. The van der Waals surface area contributed by atoms with Gasteiger partial charge in [-0.3, -0.25) is 0 Å². The highest BCUT2D eigenvalue weighted by molar-refractivity contribution is 7.90. The van der Waals surface area contributed by atoms with Crippen molar-refractivity contribution < 1.29 is 8.42 Å². The summed E-state index contributed by atoms with van der Waals surface area (Å²) in [6, 6.07) is 6.36. The van der Waals surface area contributed by atoms with Crippen molar-refractivity contribution in [3.8, 4) is 0 Å². The second-order valence-corrected chi connectivity index (χ2v) is 6.42. The van der Waals surface area contributed by atoms with Crippen LogP contribution < -0.4 is 5.73 Å². The van der Waals surface area contributed by atoms with Crippen molar-refractivity contribution in [1.29, 1.82) is 0 Å². The summed E-state index contributed by atoms with van der Waals surface area (Å²) in [6.07, 6.45) is 1.18. The zero-order valence-corrected chi connectivity index (χ0v) is 11.5. The van der Waals surface area contributed by atoms with Crippen LogP contribution in [0.4, 0.5) is 0 Å². The molecule has 0 amide bonds. The Bertz CT molecular complexity index is 661. The summed E-state index contributed by atoms with van der Waals surface area (Å²) in [7, 11) is -3.17. The largest absolute Gasteiger partial charge is 0.322 e. The van der Waals surface area contributed by atoms with Gasteiger partial charge in [0.15, 0.2) is 15.7 Å². The van der Waals surface area contributed by atoms with Crippen LogP contribution in [0.5, 0.6) is 0 Å². The van der Waals surface area contributed by atoms with Crippen LogP contribution in [-0.2, 0) is 16.4 Å². The number of tetrazole rings is 1. The quantitative estimate of drug-likeness (QED) is 0.855. The number of rotatable bonds is 4. The van der Waals surface area contributed by atoms with Crippen LogP contribution in [0, 0.1) is 0 Å². The number of hydrogen-bond acceptors (Lipinski definition) is 6. The molecule has 0 bridgehead atoms. The Morgan fingerprint density at radius 2 is 1.95 bits per heavy atom. The van der Waals surface area contributed by atoms with Crippen LogP contribution in [-0.4, -0.2) is 34.9 Å². The highest BCUT2D eigenvalue weighted by Gasteiger charge is 2.11. The van der Waals surface area contributed by atoms with E-state index in [4.69, 9.17) is 5.73 Å². The number of hydrogen-bond donors (Lipinski definition) is 1. The van der Waals surface area contributed by atoms with Crippen molar-refractivity contribution in [2.24, 2.45) is 5.73 Å². The van der Waals surface area contributed by atoms with E-state index in [-0.39, 0.29) is 6.04 Å². The number of nitrogens with zero attached hydrogens (tertiary/aromatic N) is 4. The Balaban J connectivity index is 2.23. The molecule has 1 aromatic carbocycles. The van der Waals surface area contributed by atoms with Gasteiger partial charge >= 0.3 is 0 Å². The summed E-state index contributed by atoms with van der Waals surface area (Å²) in [4.78, 5) is 0.292. The molecule has 0 saturated carbocycles. The highest BCUT2D eigenvalue weighted by Crippen LogP contribution is 2.12. The Kier molecular flexibility index (Phi) is 3.63. The lowest BCUT2D eigenvalue weighted by Crippen LogP contribution is -2.15. The van der Waals surface area contributed by atoms with Gasteiger partial charge in [-0.05, 0) is 35.0 Å². The Morgan fingerprint density at radius 3 is 2.47 bits per heavy atom. The third kappa shape index (κ3) is 3.15. The number of nitrogens with two attached hydrogens (primary N) is 1. The molecule has 0 aliphatic rings. The molecule has 1 atom stereocenters. The van der Waals surface area contributed by atoms with Crippen LogP contribution in [0.3, 0.4) is 0 Å². The minimum atomic E-state index is -3.17. The molecule has 102 valence electrons. The summed E-state index contributed by atoms with van der Waals surface area (Å²) in [5, 5.41) is 11.3. The van der Waals surface area contributed by atoms with Gasteiger partial charge in [-0.15, -0.1) is 5.10 Å². The van der Waals surface area contributed by atoms with E-state index in [0.717, 1.165) is 5.56 Å². The molecule has 8 heteroatoms. The van der Waals surface area contributed by atoms with E-state index < -0.39 is 9.84 Å². The summed E-state index contributed by atoms with van der Waals surface area (Å²) >= 11 is 0. The predicted octanol–water partition coefficient (Wildman–Crippen LogP) is 0.145. The highest BCUT2D eigenvalue weighted by atomic mass is 32.2. The molecule has 1 unspecified atom stereocenters. The van der Waals surface area contributed by atoms with E-state index in [1.807, 2.05) is 0 Å². The van der Waals surface area contributed by atoms with Gasteiger partial charge in [-0.25, -0.2) is 13.1 Å². The van der Waals surface area contributed by atoms with Crippen molar-refractivity contribution in [3.05, 3.63) is 35.7 Å². The van der Waals surface area contributed by atoms with Crippen molar-refractivity contribution >= 4 is 9.84 Å². The van der Waals surface area contributed by atoms with E-state index in [1.165, 1.54) is 6.26 Å². The summed E-state index contributed by atoms with van der Waals surface area (Å²) in [5.74, 6) is 0.590. The van der Waals surface area contributed by atoms with Crippen LogP contribution >= 0.6 is 0 Å². The lowest BCUT2D eigenvalue weighted by molar-refractivity contribution is 0.587. The van der Waals surface area contributed by atoms with Gasteiger partial charge in [0.25, 0.3) is 0 Å². The van der Waals surface area contributed by atoms with Gasteiger partial charge in [0.1, 0.15) is 0 Å². The first-order valence-corrected chi connectivity index (χ1v) is 7.57. The molecule has 0 spiro atoms. The van der Waals surface area contributed by atoms with E-state index in [0.29, 0.717) is 17.3 Å². The Morgan fingerprint density at radius 1 is 1.32 bits per heavy atom. The second kappa shape index (κ2) is 5.06. The minimum absolute atomic E-state index is 0.259. The van der Waals surface area contributed by atoms with Crippen molar-refractivity contribution in [1.82, 2.24) is 20.2 Å². The average Bonchev–Trinajstić information content (AvgIpc) is 2.77. The van der Waals surface area contributed by atoms with Gasteiger partial charge in [-0.2, -0.15) is 0 Å². The lowest BCUT2D eigenvalue weighted by atomic mass is 10.2. The van der Waals surface area contributed by atoms with Gasteiger partial charge in [0.05, 0.1) is 17.5 Å². The molecular formula is C11H15N5O2S. The fraction of sp³-hybridized carbons (Fsp3) is 0.364. The first kappa shape index (κ1) is 13.6. The third-order valence-corrected chi connectivity index (χ3v) is 3.78. The first-order valence-electron chi connectivity index (χ1n) is 5.68. The Labute approximate surface area is 111 Å². The molecule has 19 heavy (non-hydrogen) atoms. The van der Waals surface area contributed by atoms with Crippen molar-refractivity contribution in [2.75, 3.05) is 6.26 Å². The lowest BCUT2D eigenvalue weighted by Gasteiger charge is -2.07. The maximum atomic E-state index is 11.4. The minimum Gasteiger partial charge on any atom is -0.322 e. The molecule has 2 N–H and O–H groups in total. The standard InChI is InChI=1S/C11H15N5O2S/c1-8(12)11-13-14-15-16(11)7-9-3-5-10(6-4-9)19(2,17)18/h3-6,8H,7,12H2,1-2H3. The van der Waals surface area contributed by atoms with Crippen molar-refractivity contribution in [2.45, 2.75) is 24.4 Å². The SMILES string of the molecule is CC(N)c1nnnn1Cc1ccc(S(C)(=O)=O)cc1. The summed E-state index contributed by atoms with van der Waals surface area (Å²) in [5.41, 5.74) is 6.66. The smallest absolute Gasteiger partial charge is 0.175 e. The van der Waals surface area contributed by atoms with E-state index in [2.05, 4.69) is 15.5 Å². The zero-order chi connectivity index (χ0) is 14.0. The van der Waals surface area contributed by atoms with Crippen LogP contribution in [0.2, 0.25) is 0 Å². The molecule has 0 aliphatic carbocycles. The van der Waals surface area contributed by atoms with Crippen LogP contribution in [0.15, 0.2) is 29.2 Å². The fourth-order valence-electron chi connectivity index (χ4n) is 1.67. The monoisotopic (exact) mass is 281 g/mol. The maximum absolute atomic E-state index is 11.4. The first-order chi connectivity index (χ1) is 8.88. The molecule has 1 heterocycles. The van der Waals surface area contributed by atoms with Crippen LogP contribution in [0.25, 0.3) is 0 Å². The fourth-order valence-corrected chi connectivity index (χ4v) is 2.30. The third-order valence-electron chi connectivity index (χ3n) is 2.65. The number of sulfone groups is 1. The summed E-state index contributed by atoms with van der Waals surface area (Å²) in [6.45, 7) is 2.25. The van der Waals surface area contributed by atoms with Crippen LogP contribution in [0.1, 0.15) is 24.4 Å². The molecule has 7 nitrogen and oxygen atoms in total. The molecule has 0 aliphatic heterocycles. The molecule has 0 fully saturated rings. The molecular weight excluding hydrogens is 266 g/mol. The topological polar surface area (TPSA) is 104 Å². The molecule has 0 radical (unpaired) electrons. The average molecular weight is 281 g/mol. The van der Waals surface area contributed by atoms with Gasteiger partial charge in [-0.1, -0.05) is 12.1 Å². The normalized spacial score (nSPS) is 13.4. The number of benzene rings is 1. The van der Waals surface area contributed by atoms with Gasteiger partial charge < -0.3 is 5.73 Å². The Hall–Kier alpha value is -1.80. The molecule has 1 aromatic heterocycles.